The van der Waals surface area contributed by atoms with Crippen LogP contribution in [0.3, 0.4) is 0 Å². The first-order valence-corrected chi connectivity index (χ1v) is 2.71. The van der Waals surface area contributed by atoms with Crippen molar-refractivity contribution in [2.45, 2.75) is 0 Å². The van der Waals surface area contributed by atoms with E-state index in [0.29, 0.717) is 13.1 Å². The van der Waals surface area contributed by atoms with Gasteiger partial charge < -0.3 is 16.0 Å². The molecule has 0 radical (unpaired) electrons. The second-order valence-corrected chi connectivity index (χ2v) is 1.56. The van der Waals surface area contributed by atoms with Gasteiger partial charge in [-0.1, -0.05) is 12.2 Å². The van der Waals surface area contributed by atoms with Crippen LogP contribution in [0.15, 0.2) is 24.9 Å². The summed E-state index contributed by atoms with van der Waals surface area (Å²) in [5.41, 5.74) is 5.00. The molecule has 0 unspecified atom stereocenters. The molecule has 0 bridgehead atoms. The lowest BCUT2D eigenvalue weighted by Crippen LogP contribution is -2.15. The molecule has 0 heterocycles. The van der Waals surface area contributed by atoms with Crippen LogP contribution in [-0.4, -0.2) is 18.2 Å². The molecule has 0 aromatic carbocycles. The zero-order valence-electron chi connectivity index (χ0n) is 5.29. The minimum Gasteiger partial charge on any atom is -0.785 e. The van der Waals surface area contributed by atoms with Crippen LogP contribution in [0.2, 0.25) is 0 Å². The fourth-order valence-corrected chi connectivity index (χ4v) is 0.397. The maximum absolute atomic E-state index is 10.5. The molecule has 0 aliphatic heterocycles. The summed E-state index contributed by atoms with van der Waals surface area (Å²) < 4.78 is 0. The molecule has 0 spiro atoms. The van der Waals surface area contributed by atoms with Gasteiger partial charge in [0.15, 0.2) is 0 Å². The predicted octanol–water partition coefficient (Wildman–Crippen LogP) is 0.445. The normalized spacial score (nSPS) is 10.9. The first-order valence-electron chi connectivity index (χ1n) is 2.71. The average Bonchev–Trinajstić information content (AvgIpc) is 1.85. The molecule has 0 aromatic heterocycles. The second kappa shape index (κ2) is 5.34. The molecule has 3 nitrogen and oxygen atoms in total. The molecule has 9 heavy (non-hydrogen) atoms. The Morgan fingerprint density at radius 3 is 2.67 bits per heavy atom. The minimum atomic E-state index is 0.336. The summed E-state index contributed by atoms with van der Waals surface area (Å²) in [4.78, 5) is 0. The average molecular weight is 127 g/mol. The summed E-state index contributed by atoms with van der Waals surface area (Å²) in [6.45, 7) is 4.10. The van der Waals surface area contributed by atoms with Crippen LogP contribution in [0, 0.1) is 5.21 Å². The Labute approximate surface area is 55.0 Å². The van der Waals surface area contributed by atoms with Crippen LogP contribution in [-0.2, 0) is 0 Å². The standard InChI is InChI=1S/C6H11N2O/c1-2-5-8(9)6-3-4-7/h2-4H,1,5-7H2/q-1. The molecular formula is C6H11N2O-. The molecule has 0 amide bonds. The monoisotopic (exact) mass is 127 g/mol. The van der Waals surface area contributed by atoms with Crippen molar-refractivity contribution in [3.8, 4) is 0 Å². The Morgan fingerprint density at radius 1 is 1.56 bits per heavy atom. The molecule has 0 saturated heterocycles. The van der Waals surface area contributed by atoms with E-state index in [4.69, 9.17) is 5.73 Å². The van der Waals surface area contributed by atoms with Gasteiger partial charge >= 0.3 is 0 Å². The van der Waals surface area contributed by atoms with Gasteiger partial charge in [-0.15, -0.1) is 6.58 Å². The number of rotatable bonds is 4. The first-order chi connectivity index (χ1) is 4.31. The number of hydrogen-bond donors (Lipinski definition) is 1. The van der Waals surface area contributed by atoms with E-state index in [9.17, 15) is 5.21 Å². The molecule has 52 valence electrons. The van der Waals surface area contributed by atoms with E-state index in [2.05, 4.69) is 6.58 Å². The first kappa shape index (κ1) is 8.20. The topological polar surface area (TPSA) is 52.3 Å². The van der Waals surface area contributed by atoms with E-state index < -0.39 is 0 Å². The Hall–Kier alpha value is -0.800. The molecule has 0 aliphatic carbocycles. The zero-order valence-corrected chi connectivity index (χ0v) is 5.29. The molecule has 0 saturated carbocycles. The summed E-state index contributed by atoms with van der Waals surface area (Å²) in [7, 11) is 0. The smallest absolute Gasteiger partial charge is 0.00616 e. The van der Waals surface area contributed by atoms with Gasteiger partial charge in [0.05, 0.1) is 0 Å². The van der Waals surface area contributed by atoms with Crippen molar-refractivity contribution in [2.24, 2.45) is 5.73 Å². The van der Waals surface area contributed by atoms with Gasteiger partial charge in [-0.25, -0.2) is 0 Å². The molecule has 0 aromatic rings. The SMILES string of the molecule is C=CCN([O-])CC=CN. The van der Waals surface area contributed by atoms with Crippen LogP contribution in [0.25, 0.3) is 0 Å². The van der Waals surface area contributed by atoms with E-state index in [0.717, 1.165) is 5.06 Å². The van der Waals surface area contributed by atoms with E-state index in [1.807, 2.05) is 0 Å². The van der Waals surface area contributed by atoms with Gasteiger partial charge in [-0.2, -0.15) is 0 Å². The third-order valence-electron chi connectivity index (χ3n) is 0.778. The lowest BCUT2D eigenvalue weighted by atomic mass is 10.5. The van der Waals surface area contributed by atoms with Crippen LogP contribution in [0.4, 0.5) is 0 Å². The van der Waals surface area contributed by atoms with Gasteiger partial charge in [0.2, 0.25) is 0 Å². The van der Waals surface area contributed by atoms with Gasteiger partial charge in [-0.3, -0.25) is 0 Å². The Bertz CT molecular complexity index is 101. The molecule has 0 aliphatic rings. The molecule has 3 heteroatoms. The number of hydrogen-bond acceptors (Lipinski definition) is 3. The van der Waals surface area contributed by atoms with Crippen molar-refractivity contribution in [3.05, 3.63) is 30.1 Å². The predicted molar refractivity (Wildman–Crippen MR) is 38.5 cm³/mol. The zero-order chi connectivity index (χ0) is 7.11. The minimum absolute atomic E-state index is 0.336. The van der Waals surface area contributed by atoms with Gasteiger partial charge in [-0.05, 0) is 6.20 Å². The van der Waals surface area contributed by atoms with Crippen molar-refractivity contribution in [1.82, 2.24) is 5.06 Å². The van der Waals surface area contributed by atoms with Crippen molar-refractivity contribution in [1.29, 1.82) is 0 Å². The maximum atomic E-state index is 10.5. The van der Waals surface area contributed by atoms with E-state index in [1.54, 1.807) is 12.2 Å². The van der Waals surface area contributed by atoms with Crippen LogP contribution in [0.1, 0.15) is 0 Å². The van der Waals surface area contributed by atoms with Gasteiger partial charge in [0.1, 0.15) is 0 Å². The third-order valence-corrected chi connectivity index (χ3v) is 0.778. The Morgan fingerprint density at radius 2 is 2.22 bits per heavy atom. The summed E-state index contributed by atoms with van der Waals surface area (Å²) in [5, 5.41) is 11.4. The van der Waals surface area contributed by atoms with Crippen molar-refractivity contribution in [3.63, 3.8) is 0 Å². The van der Waals surface area contributed by atoms with Gasteiger partial charge in [0.25, 0.3) is 0 Å². The quantitative estimate of drug-likeness (QED) is 0.440. The summed E-state index contributed by atoms with van der Waals surface area (Å²) in [6, 6.07) is 0. The summed E-state index contributed by atoms with van der Waals surface area (Å²) in [5.74, 6) is 0. The second-order valence-electron chi connectivity index (χ2n) is 1.56. The van der Waals surface area contributed by atoms with Gasteiger partial charge in [0, 0.05) is 13.1 Å². The highest BCUT2D eigenvalue weighted by Crippen LogP contribution is 1.82. The fraction of sp³-hybridized carbons (Fsp3) is 0.333. The Kier molecular flexibility index (Phi) is 4.86. The highest BCUT2D eigenvalue weighted by atomic mass is 16.5. The molecule has 0 rings (SSSR count). The lowest BCUT2D eigenvalue weighted by molar-refractivity contribution is 0.465. The highest BCUT2D eigenvalue weighted by Gasteiger charge is 1.79. The van der Waals surface area contributed by atoms with Crippen molar-refractivity contribution < 1.29 is 0 Å². The molecule has 0 fully saturated rings. The van der Waals surface area contributed by atoms with E-state index in [1.165, 1.54) is 6.20 Å². The summed E-state index contributed by atoms with van der Waals surface area (Å²) >= 11 is 0. The number of nitrogens with two attached hydrogens (primary N) is 1. The lowest BCUT2D eigenvalue weighted by Gasteiger charge is -2.23. The highest BCUT2D eigenvalue weighted by molar-refractivity contribution is 4.83. The van der Waals surface area contributed by atoms with Crippen molar-refractivity contribution >= 4 is 0 Å². The largest absolute Gasteiger partial charge is 0.785 e. The maximum Gasteiger partial charge on any atom is 0.00616 e. The van der Waals surface area contributed by atoms with Crippen molar-refractivity contribution in [2.75, 3.05) is 13.1 Å². The molecule has 2 N–H and O–H groups in total. The fourth-order valence-electron chi connectivity index (χ4n) is 0.397. The van der Waals surface area contributed by atoms with E-state index in [-0.39, 0.29) is 0 Å². The number of hydroxylamine groups is 2. The molecular weight excluding hydrogens is 116 g/mol. The number of nitrogens with zero attached hydrogens (tertiary/aromatic N) is 1. The van der Waals surface area contributed by atoms with Crippen LogP contribution < -0.4 is 5.73 Å². The van der Waals surface area contributed by atoms with E-state index >= 15 is 0 Å². The Balaban J connectivity index is 3.25. The third kappa shape index (κ3) is 5.06. The molecule has 0 atom stereocenters. The van der Waals surface area contributed by atoms with Crippen LogP contribution >= 0.6 is 0 Å². The van der Waals surface area contributed by atoms with Crippen LogP contribution in [0.5, 0.6) is 0 Å². The summed E-state index contributed by atoms with van der Waals surface area (Å²) in [6.07, 6.45) is 4.50.